The molecular weight excluding hydrogens is 285 g/mol. The van der Waals surface area contributed by atoms with E-state index in [1.165, 1.54) is 12.1 Å². The third-order valence-electron chi connectivity index (χ3n) is 3.43. The molecule has 1 aliphatic rings. The molecule has 1 aromatic rings. The molecule has 5 nitrogen and oxygen atoms in total. The van der Waals surface area contributed by atoms with Crippen molar-refractivity contribution in [2.45, 2.75) is 31.5 Å². The third kappa shape index (κ3) is 3.55. The molecule has 2 rings (SSSR count). The highest BCUT2D eigenvalue weighted by molar-refractivity contribution is 7.89. The standard InChI is InChI=1S/C13H16FNO4S/c14-13(6-3-7-13)9-20(18,19)15-8-10-4-1-2-5-11(10)12(16)17/h1-2,4-5,15H,3,6-9H2,(H,16,17). The lowest BCUT2D eigenvalue weighted by atomic mass is 9.84. The highest BCUT2D eigenvalue weighted by Gasteiger charge is 2.41. The number of sulfonamides is 1. The Morgan fingerprint density at radius 1 is 1.35 bits per heavy atom. The Labute approximate surface area is 116 Å². The Balaban J connectivity index is 2.03. The number of carbonyl (C=O) groups is 1. The van der Waals surface area contributed by atoms with E-state index in [1.807, 2.05) is 0 Å². The Kier molecular flexibility index (Phi) is 4.10. The van der Waals surface area contributed by atoms with Gasteiger partial charge >= 0.3 is 5.97 Å². The van der Waals surface area contributed by atoms with Gasteiger partial charge in [0.15, 0.2) is 0 Å². The number of aromatic carboxylic acids is 1. The van der Waals surface area contributed by atoms with Crippen molar-refractivity contribution in [3.8, 4) is 0 Å². The molecule has 1 saturated carbocycles. The molecule has 0 atom stereocenters. The molecule has 0 radical (unpaired) electrons. The summed E-state index contributed by atoms with van der Waals surface area (Å²) in [5, 5.41) is 8.99. The number of carboxylic acid groups (broad SMARTS) is 1. The van der Waals surface area contributed by atoms with E-state index >= 15 is 0 Å². The molecular formula is C13H16FNO4S. The van der Waals surface area contributed by atoms with Crippen LogP contribution in [0.4, 0.5) is 4.39 Å². The van der Waals surface area contributed by atoms with E-state index < -0.39 is 27.4 Å². The average Bonchev–Trinajstić information content (AvgIpc) is 2.34. The van der Waals surface area contributed by atoms with E-state index in [-0.39, 0.29) is 24.9 Å². The minimum atomic E-state index is -3.76. The molecule has 0 unspecified atom stereocenters. The van der Waals surface area contributed by atoms with Crippen LogP contribution in [0.5, 0.6) is 0 Å². The Morgan fingerprint density at radius 3 is 2.55 bits per heavy atom. The van der Waals surface area contributed by atoms with Crippen LogP contribution in [0.15, 0.2) is 24.3 Å². The fraction of sp³-hybridized carbons (Fsp3) is 0.462. The second-order valence-electron chi connectivity index (χ2n) is 5.05. The van der Waals surface area contributed by atoms with E-state index in [0.29, 0.717) is 12.0 Å². The van der Waals surface area contributed by atoms with Crippen molar-refractivity contribution in [3.63, 3.8) is 0 Å². The SMILES string of the molecule is O=C(O)c1ccccc1CNS(=O)(=O)CC1(F)CCC1. The van der Waals surface area contributed by atoms with Crippen molar-refractivity contribution in [2.75, 3.05) is 5.75 Å². The van der Waals surface area contributed by atoms with Crippen molar-refractivity contribution in [2.24, 2.45) is 0 Å². The van der Waals surface area contributed by atoms with Gasteiger partial charge in [0.2, 0.25) is 10.0 Å². The van der Waals surface area contributed by atoms with Crippen LogP contribution in [0, 0.1) is 0 Å². The molecule has 0 aliphatic heterocycles. The molecule has 0 amide bonds. The molecule has 20 heavy (non-hydrogen) atoms. The van der Waals surface area contributed by atoms with Crippen LogP contribution in [0.1, 0.15) is 35.2 Å². The maximum absolute atomic E-state index is 13.8. The van der Waals surface area contributed by atoms with Gasteiger partial charge in [-0.15, -0.1) is 0 Å². The summed E-state index contributed by atoms with van der Waals surface area (Å²) in [7, 11) is -3.76. The summed E-state index contributed by atoms with van der Waals surface area (Å²) in [6, 6.07) is 6.11. The number of hydrogen-bond acceptors (Lipinski definition) is 3. The van der Waals surface area contributed by atoms with Crippen LogP contribution in [0.25, 0.3) is 0 Å². The summed E-state index contributed by atoms with van der Waals surface area (Å²) >= 11 is 0. The van der Waals surface area contributed by atoms with Gasteiger partial charge in [0.25, 0.3) is 0 Å². The fourth-order valence-corrected chi connectivity index (χ4v) is 3.61. The maximum atomic E-state index is 13.8. The summed E-state index contributed by atoms with van der Waals surface area (Å²) in [5.74, 6) is -1.68. The van der Waals surface area contributed by atoms with Crippen molar-refractivity contribution < 1.29 is 22.7 Å². The second kappa shape index (κ2) is 5.49. The topological polar surface area (TPSA) is 83.5 Å². The minimum absolute atomic E-state index is 0.0359. The number of alkyl halides is 1. The quantitative estimate of drug-likeness (QED) is 0.837. The van der Waals surface area contributed by atoms with Gasteiger partial charge in [-0.1, -0.05) is 18.2 Å². The van der Waals surface area contributed by atoms with E-state index in [9.17, 15) is 17.6 Å². The molecule has 1 fully saturated rings. The second-order valence-corrected chi connectivity index (χ2v) is 6.85. The van der Waals surface area contributed by atoms with Crippen LogP contribution >= 0.6 is 0 Å². The van der Waals surface area contributed by atoms with Gasteiger partial charge in [-0.25, -0.2) is 22.3 Å². The molecule has 0 spiro atoms. The number of benzene rings is 1. The van der Waals surface area contributed by atoms with Crippen molar-refractivity contribution in [1.29, 1.82) is 0 Å². The Morgan fingerprint density at radius 2 is 2.00 bits per heavy atom. The molecule has 1 aromatic carbocycles. The van der Waals surface area contributed by atoms with Crippen molar-refractivity contribution in [3.05, 3.63) is 35.4 Å². The van der Waals surface area contributed by atoms with Gasteiger partial charge in [-0.2, -0.15) is 0 Å². The van der Waals surface area contributed by atoms with E-state index in [2.05, 4.69) is 4.72 Å². The van der Waals surface area contributed by atoms with Crippen molar-refractivity contribution >= 4 is 16.0 Å². The number of rotatable bonds is 6. The first-order valence-corrected chi connectivity index (χ1v) is 7.94. The highest BCUT2D eigenvalue weighted by Crippen LogP contribution is 2.36. The monoisotopic (exact) mass is 301 g/mol. The number of hydrogen-bond donors (Lipinski definition) is 2. The Bertz CT molecular complexity index is 611. The zero-order valence-electron chi connectivity index (χ0n) is 10.8. The van der Waals surface area contributed by atoms with Crippen LogP contribution in [0.3, 0.4) is 0 Å². The predicted molar refractivity (Wildman–Crippen MR) is 71.7 cm³/mol. The maximum Gasteiger partial charge on any atom is 0.336 e. The molecule has 7 heteroatoms. The average molecular weight is 301 g/mol. The van der Waals surface area contributed by atoms with E-state index in [0.717, 1.165) is 0 Å². The summed E-state index contributed by atoms with van der Waals surface area (Å²) in [4.78, 5) is 11.0. The van der Waals surface area contributed by atoms with E-state index in [4.69, 9.17) is 5.11 Å². The third-order valence-corrected chi connectivity index (χ3v) is 4.91. The van der Waals surface area contributed by atoms with Gasteiger partial charge < -0.3 is 5.11 Å². The fourth-order valence-electron chi connectivity index (χ4n) is 2.17. The van der Waals surface area contributed by atoms with Crippen LogP contribution in [0.2, 0.25) is 0 Å². The predicted octanol–water partition coefficient (Wildman–Crippen LogP) is 1.70. The molecule has 0 bridgehead atoms. The Hall–Kier alpha value is -1.47. The van der Waals surface area contributed by atoms with Crippen LogP contribution in [-0.2, 0) is 16.6 Å². The van der Waals surface area contributed by atoms with Gasteiger partial charge in [0.1, 0.15) is 5.67 Å². The lowest BCUT2D eigenvalue weighted by molar-refractivity contribution is 0.0695. The lowest BCUT2D eigenvalue weighted by Crippen LogP contribution is -2.43. The molecule has 2 N–H and O–H groups in total. The normalized spacial score (nSPS) is 17.4. The number of halogens is 1. The van der Waals surface area contributed by atoms with Gasteiger partial charge in [0, 0.05) is 6.54 Å². The zero-order chi connectivity index (χ0) is 14.8. The summed E-state index contributed by atoms with van der Waals surface area (Å²) < 4.78 is 39.7. The first-order valence-electron chi connectivity index (χ1n) is 6.29. The first-order chi connectivity index (χ1) is 9.31. The van der Waals surface area contributed by atoms with Gasteiger partial charge in [-0.3, -0.25) is 0 Å². The largest absolute Gasteiger partial charge is 0.478 e. The van der Waals surface area contributed by atoms with Gasteiger partial charge in [0.05, 0.1) is 11.3 Å². The first kappa shape index (κ1) is 14.9. The van der Waals surface area contributed by atoms with Gasteiger partial charge in [-0.05, 0) is 30.9 Å². The van der Waals surface area contributed by atoms with Crippen molar-refractivity contribution in [1.82, 2.24) is 4.72 Å². The summed E-state index contributed by atoms with van der Waals surface area (Å²) in [6.07, 6.45) is 1.23. The summed E-state index contributed by atoms with van der Waals surface area (Å²) in [5.41, 5.74) is -1.24. The molecule has 1 aliphatic carbocycles. The molecule has 110 valence electrons. The zero-order valence-corrected chi connectivity index (χ0v) is 11.6. The summed E-state index contributed by atoms with van der Waals surface area (Å²) in [6.45, 7) is -0.152. The number of carboxylic acids is 1. The van der Waals surface area contributed by atoms with Crippen LogP contribution in [-0.4, -0.2) is 30.9 Å². The lowest BCUT2D eigenvalue weighted by Gasteiger charge is -2.33. The molecule has 0 saturated heterocycles. The molecule has 0 aromatic heterocycles. The number of nitrogens with one attached hydrogen (secondary N) is 1. The minimum Gasteiger partial charge on any atom is -0.478 e. The highest BCUT2D eigenvalue weighted by atomic mass is 32.2. The smallest absolute Gasteiger partial charge is 0.336 e. The van der Waals surface area contributed by atoms with Crippen LogP contribution < -0.4 is 4.72 Å². The van der Waals surface area contributed by atoms with E-state index in [1.54, 1.807) is 12.1 Å². The molecule has 0 heterocycles.